The standard InChI is InChI=1S/C18H24O3/c1-21-17-6-3-12(4-7-17)8-16(18(19)20)11-15-10-13-2-5-14(15)9-13/h3-4,6-7,13-16H,2,5,8-11H2,1H3,(H,19,20). The van der Waals surface area contributed by atoms with Gasteiger partial charge in [0, 0.05) is 0 Å². The zero-order chi connectivity index (χ0) is 14.8. The van der Waals surface area contributed by atoms with Crippen LogP contribution in [0.5, 0.6) is 5.75 Å². The summed E-state index contributed by atoms with van der Waals surface area (Å²) in [5, 5.41) is 9.54. The lowest BCUT2D eigenvalue weighted by molar-refractivity contribution is -0.142. The first-order chi connectivity index (χ1) is 10.2. The fourth-order valence-electron chi connectivity index (χ4n) is 4.35. The average Bonchev–Trinajstić information content (AvgIpc) is 3.10. The van der Waals surface area contributed by atoms with Crippen LogP contribution in [0.15, 0.2) is 24.3 Å². The Kier molecular flexibility index (Phi) is 4.18. The second-order valence-electron chi connectivity index (χ2n) is 6.76. The van der Waals surface area contributed by atoms with Crippen LogP contribution >= 0.6 is 0 Å². The Morgan fingerprint density at radius 1 is 1.29 bits per heavy atom. The molecule has 0 heterocycles. The fraction of sp³-hybridized carbons (Fsp3) is 0.611. The highest BCUT2D eigenvalue weighted by atomic mass is 16.5. The number of hydrogen-bond donors (Lipinski definition) is 1. The molecule has 0 aromatic heterocycles. The molecule has 3 nitrogen and oxygen atoms in total. The summed E-state index contributed by atoms with van der Waals surface area (Å²) in [6, 6.07) is 7.78. The molecule has 1 aromatic rings. The molecule has 0 spiro atoms. The van der Waals surface area contributed by atoms with E-state index in [1.54, 1.807) is 7.11 Å². The quantitative estimate of drug-likeness (QED) is 0.867. The van der Waals surface area contributed by atoms with Crippen LogP contribution in [-0.4, -0.2) is 18.2 Å². The van der Waals surface area contributed by atoms with Crippen LogP contribution in [0.25, 0.3) is 0 Å². The van der Waals surface area contributed by atoms with Crippen molar-refractivity contribution in [3.05, 3.63) is 29.8 Å². The summed E-state index contributed by atoms with van der Waals surface area (Å²) in [5.74, 6) is 2.25. The number of benzene rings is 1. The molecule has 2 bridgehead atoms. The Labute approximate surface area is 126 Å². The van der Waals surface area contributed by atoms with E-state index in [1.807, 2.05) is 24.3 Å². The summed E-state index contributed by atoms with van der Waals surface area (Å²) in [6.07, 6.45) is 6.79. The van der Waals surface area contributed by atoms with Gasteiger partial charge in [-0.05, 0) is 67.6 Å². The van der Waals surface area contributed by atoms with Gasteiger partial charge in [0.25, 0.3) is 0 Å². The zero-order valence-corrected chi connectivity index (χ0v) is 12.6. The van der Waals surface area contributed by atoms with E-state index in [0.717, 1.165) is 29.6 Å². The second-order valence-corrected chi connectivity index (χ2v) is 6.76. The van der Waals surface area contributed by atoms with Crippen molar-refractivity contribution in [2.24, 2.45) is 23.7 Å². The molecule has 1 N–H and O–H groups in total. The van der Waals surface area contributed by atoms with Gasteiger partial charge in [-0.15, -0.1) is 0 Å². The third-order valence-corrected chi connectivity index (χ3v) is 5.46. The molecular weight excluding hydrogens is 264 g/mol. The number of carboxylic acid groups (broad SMARTS) is 1. The van der Waals surface area contributed by atoms with Crippen molar-refractivity contribution in [2.75, 3.05) is 7.11 Å². The van der Waals surface area contributed by atoms with E-state index in [-0.39, 0.29) is 5.92 Å². The molecule has 0 amide bonds. The zero-order valence-electron chi connectivity index (χ0n) is 12.6. The van der Waals surface area contributed by atoms with E-state index < -0.39 is 5.97 Å². The molecule has 0 radical (unpaired) electrons. The molecule has 3 rings (SSSR count). The maximum absolute atomic E-state index is 11.6. The topological polar surface area (TPSA) is 46.5 Å². The molecule has 0 aliphatic heterocycles. The van der Waals surface area contributed by atoms with Crippen LogP contribution in [0.3, 0.4) is 0 Å². The smallest absolute Gasteiger partial charge is 0.306 e. The number of hydrogen-bond acceptors (Lipinski definition) is 2. The molecule has 2 fully saturated rings. The third kappa shape index (κ3) is 3.22. The lowest BCUT2D eigenvalue weighted by Crippen LogP contribution is -2.23. The highest BCUT2D eigenvalue weighted by Gasteiger charge is 2.40. The van der Waals surface area contributed by atoms with Gasteiger partial charge in [0.1, 0.15) is 5.75 Å². The lowest BCUT2D eigenvalue weighted by atomic mass is 9.80. The van der Waals surface area contributed by atoms with Gasteiger partial charge in [0.05, 0.1) is 13.0 Å². The van der Waals surface area contributed by atoms with Crippen molar-refractivity contribution in [1.29, 1.82) is 0 Å². The van der Waals surface area contributed by atoms with Crippen LogP contribution in [-0.2, 0) is 11.2 Å². The van der Waals surface area contributed by atoms with Crippen LogP contribution < -0.4 is 4.74 Å². The number of carbonyl (C=O) groups is 1. The summed E-state index contributed by atoms with van der Waals surface area (Å²) < 4.78 is 5.15. The molecule has 21 heavy (non-hydrogen) atoms. The van der Waals surface area contributed by atoms with Crippen molar-refractivity contribution in [2.45, 2.75) is 38.5 Å². The van der Waals surface area contributed by atoms with Gasteiger partial charge in [-0.1, -0.05) is 18.6 Å². The Hall–Kier alpha value is -1.51. The minimum Gasteiger partial charge on any atom is -0.497 e. The molecule has 2 aliphatic carbocycles. The van der Waals surface area contributed by atoms with Gasteiger partial charge < -0.3 is 9.84 Å². The monoisotopic (exact) mass is 288 g/mol. The Morgan fingerprint density at radius 3 is 2.57 bits per heavy atom. The van der Waals surface area contributed by atoms with Crippen LogP contribution in [0.4, 0.5) is 0 Å². The number of ether oxygens (including phenoxy) is 1. The van der Waals surface area contributed by atoms with Crippen molar-refractivity contribution < 1.29 is 14.6 Å². The van der Waals surface area contributed by atoms with Crippen LogP contribution in [0.2, 0.25) is 0 Å². The maximum Gasteiger partial charge on any atom is 0.306 e. The number of aliphatic carboxylic acids is 1. The third-order valence-electron chi connectivity index (χ3n) is 5.46. The van der Waals surface area contributed by atoms with E-state index in [9.17, 15) is 9.90 Å². The van der Waals surface area contributed by atoms with Crippen LogP contribution in [0, 0.1) is 23.7 Å². The Bertz CT molecular complexity index is 494. The molecule has 1 aromatic carbocycles. The molecule has 114 valence electrons. The molecular formula is C18H24O3. The summed E-state index contributed by atoms with van der Waals surface area (Å²) in [7, 11) is 1.64. The van der Waals surface area contributed by atoms with Gasteiger partial charge in [-0.25, -0.2) is 0 Å². The summed E-state index contributed by atoms with van der Waals surface area (Å²) >= 11 is 0. The average molecular weight is 288 g/mol. The predicted molar refractivity (Wildman–Crippen MR) is 81.4 cm³/mol. The number of methoxy groups -OCH3 is 1. The fourth-order valence-corrected chi connectivity index (χ4v) is 4.35. The number of fused-ring (bicyclic) bond motifs is 2. The minimum atomic E-state index is -0.645. The molecule has 0 saturated heterocycles. The van der Waals surface area contributed by atoms with E-state index in [1.165, 1.54) is 25.7 Å². The predicted octanol–water partition coefficient (Wildman–Crippen LogP) is 3.76. The van der Waals surface area contributed by atoms with Crippen molar-refractivity contribution in [3.63, 3.8) is 0 Å². The molecule has 4 atom stereocenters. The second kappa shape index (κ2) is 6.08. The van der Waals surface area contributed by atoms with Gasteiger partial charge in [-0.3, -0.25) is 4.79 Å². The van der Waals surface area contributed by atoms with E-state index >= 15 is 0 Å². The van der Waals surface area contributed by atoms with Gasteiger partial charge >= 0.3 is 5.97 Å². The van der Waals surface area contributed by atoms with Crippen LogP contribution in [0.1, 0.15) is 37.7 Å². The van der Waals surface area contributed by atoms with Gasteiger partial charge in [0.15, 0.2) is 0 Å². The first-order valence-electron chi connectivity index (χ1n) is 8.01. The summed E-state index contributed by atoms with van der Waals surface area (Å²) in [5.41, 5.74) is 1.09. The van der Waals surface area contributed by atoms with Gasteiger partial charge in [-0.2, -0.15) is 0 Å². The number of rotatable bonds is 6. The number of carboxylic acids is 1. The van der Waals surface area contributed by atoms with E-state index in [4.69, 9.17) is 4.74 Å². The molecule has 4 unspecified atom stereocenters. The maximum atomic E-state index is 11.6. The van der Waals surface area contributed by atoms with Crippen molar-refractivity contribution >= 4 is 5.97 Å². The highest BCUT2D eigenvalue weighted by molar-refractivity contribution is 5.70. The Balaban J connectivity index is 1.62. The molecule has 3 heteroatoms. The normalized spacial score (nSPS) is 28.5. The first-order valence-corrected chi connectivity index (χ1v) is 8.01. The SMILES string of the molecule is COc1ccc(CC(CC2CC3CCC2C3)C(=O)O)cc1. The summed E-state index contributed by atoms with van der Waals surface area (Å²) in [6.45, 7) is 0. The highest BCUT2D eigenvalue weighted by Crippen LogP contribution is 2.50. The first kappa shape index (κ1) is 14.4. The van der Waals surface area contributed by atoms with E-state index in [0.29, 0.717) is 12.3 Å². The molecule has 2 saturated carbocycles. The molecule has 2 aliphatic rings. The summed E-state index contributed by atoms with van der Waals surface area (Å²) in [4.78, 5) is 11.6. The minimum absolute atomic E-state index is 0.247. The van der Waals surface area contributed by atoms with Crippen molar-refractivity contribution in [3.8, 4) is 5.75 Å². The van der Waals surface area contributed by atoms with E-state index in [2.05, 4.69) is 0 Å². The van der Waals surface area contributed by atoms with Crippen molar-refractivity contribution in [1.82, 2.24) is 0 Å². The largest absolute Gasteiger partial charge is 0.497 e. The van der Waals surface area contributed by atoms with Gasteiger partial charge in [0.2, 0.25) is 0 Å². The Morgan fingerprint density at radius 2 is 2.05 bits per heavy atom. The lowest BCUT2D eigenvalue weighted by Gasteiger charge is -2.24.